The van der Waals surface area contributed by atoms with E-state index in [1.165, 1.54) is 0 Å². The Morgan fingerprint density at radius 2 is 1.79 bits per heavy atom. The number of benzene rings is 1. The molecule has 0 aliphatic carbocycles. The third kappa shape index (κ3) is 2.46. The number of hydrogen-bond acceptors (Lipinski definition) is 3. The summed E-state index contributed by atoms with van der Waals surface area (Å²) >= 11 is 3.37. The number of halogens is 1. The van der Waals surface area contributed by atoms with Crippen LogP contribution in [0.25, 0.3) is 0 Å². The molecule has 1 fully saturated rings. The molecule has 0 saturated carbocycles. The maximum absolute atomic E-state index is 12.4. The molecule has 0 N–H and O–H groups in total. The minimum Gasteiger partial charge on any atom is -0.456 e. The van der Waals surface area contributed by atoms with Crippen LogP contribution in [0.1, 0.15) is 38.9 Å². The van der Waals surface area contributed by atoms with Gasteiger partial charge < -0.3 is 4.74 Å². The molecule has 0 amide bonds. The third-order valence-corrected chi connectivity index (χ3v) is 4.23. The highest BCUT2D eigenvalue weighted by Gasteiger charge is 2.50. The number of ketones is 1. The lowest BCUT2D eigenvalue weighted by molar-refractivity contribution is -0.179. The Morgan fingerprint density at radius 3 is 2.32 bits per heavy atom. The molecule has 2 atom stereocenters. The molecule has 19 heavy (non-hydrogen) atoms. The number of rotatable bonds is 2. The minimum atomic E-state index is -1.04. The van der Waals surface area contributed by atoms with Crippen LogP contribution >= 0.6 is 15.9 Å². The topological polar surface area (TPSA) is 43.4 Å². The summed E-state index contributed by atoms with van der Waals surface area (Å²) in [6.07, 6.45) is 0.196. The second-order valence-corrected chi connectivity index (χ2v) is 6.30. The van der Waals surface area contributed by atoms with Crippen molar-refractivity contribution < 1.29 is 14.3 Å². The molecular formula is C15H17BrO3. The molecule has 0 unspecified atom stereocenters. The second-order valence-electron chi connectivity index (χ2n) is 5.38. The highest BCUT2D eigenvalue weighted by Crippen LogP contribution is 2.41. The van der Waals surface area contributed by atoms with Crippen molar-refractivity contribution in [1.29, 1.82) is 0 Å². The summed E-state index contributed by atoms with van der Waals surface area (Å²) in [5.41, 5.74) is -0.167. The quantitative estimate of drug-likeness (QED) is 0.615. The SMILES string of the molecule is CC[C@@H]1C(=O)C(C)(C)C(=O)O[C@@H]1c1ccc(Br)cc1. The molecule has 3 nitrogen and oxygen atoms in total. The van der Waals surface area contributed by atoms with Crippen molar-refractivity contribution in [2.24, 2.45) is 11.3 Å². The minimum absolute atomic E-state index is 0.0285. The fourth-order valence-corrected chi connectivity index (χ4v) is 2.66. The Bertz CT molecular complexity index is 505. The van der Waals surface area contributed by atoms with Crippen LogP contribution in [0.15, 0.2) is 28.7 Å². The molecule has 0 aromatic heterocycles. The highest BCUT2D eigenvalue weighted by atomic mass is 79.9. The van der Waals surface area contributed by atoms with Gasteiger partial charge in [0.2, 0.25) is 0 Å². The number of esters is 1. The lowest BCUT2D eigenvalue weighted by Gasteiger charge is -2.37. The van der Waals surface area contributed by atoms with Crippen LogP contribution in [-0.2, 0) is 14.3 Å². The van der Waals surface area contributed by atoms with Crippen molar-refractivity contribution in [2.45, 2.75) is 33.3 Å². The van der Waals surface area contributed by atoms with E-state index in [0.717, 1.165) is 10.0 Å². The molecule has 1 aromatic carbocycles. The van der Waals surface area contributed by atoms with E-state index < -0.39 is 17.5 Å². The predicted octanol–water partition coefficient (Wildman–Crippen LogP) is 3.67. The van der Waals surface area contributed by atoms with Crippen molar-refractivity contribution in [3.63, 3.8) is 0 Å². The van der Waals surface area contributed by atoms with E-state index in [0.29, 0.717) is 6.42 Å². The van der Waals surface area contributed by atoms with Gasteiger partial charge in [-0.25, -0.2) is 0 Å². The van der Waals surface area contributed by atoms with Crippen LogP contribution in [-0.4, -0.2) is 11.8 Å². The number of cyclic esters (lactones) is 1. The lowest BCUT2D eigenvalue weighted by Crippen LogP contribution is -2.47. The summed E-state index contributed by atoms with van der Waals surface area (Å²) in [5.74, 6) is -0.733. The summed E-state index contributed by atoms with van der Waals surface area (Å²) in [5, 5.41) is 0. The van der Waals surface area contributed by atoms with Gasteiger partial charge in [0.05, 0.1) is 5.92 Å². The number of hydrogen-bond donors (Lipinski definition) is 0. The van der Waals surface area contributed by atoms with E-state index in [4.69, 9.17) is 4.74 Å². The summed E-state index contributed by atoms with van der Waals surface area (Å²) in [6.45, 7) is 5.22. The summed E-state index contributed by atoms with van der Waals surface area (Å²) in [4.78, 5) is 24.4. The average molecular weight is 325 g/mol. The molecule has 0 radical (unpaired) electrons. The third-order valence-electron chi connectivity index (χ3n) is 3.70. The molecule has 102 valence electrons. The van der Waals surface area contributed by atoms with Crippen molar-refractivity contribution in [2.75, 3.05) is 0 Å². The van der Waals surface area contributed by atoms with Crippen LogP contribution < -0.4 is 0 Å². The Kier molecular flexibility index (Phi) is 3.81. The summed E-state index contributed by atoms with van der Waals surface area (Å²) in [6, 6.07) is 7.55. The van der Waals surface area contributed by atoms with Gasteiger partial charge in [-0.1, -0.05) is 35.0 Å². The van der Waals surface area contributed by atoms with E-state index >= 15 is 0 Å². The molecule has 1 saturated heterocycles. The smallest absolute Gasteiger partial charge is 0.319 e. The van der Waals surface area contributed by atoms with Gasteiger partial charge in [0.25, 0.3) is 0 Å². The van der Waals surface area contributed by atoms with Crippen molar-refractivity contribution in [3.05, 3.63) is 34.3 Å². The number of ether oxygens (including phenoxy) is 1. The van der Waals surface area contributed by atoms with Crippen molar-refractivity contribution in [3.8, 4) is 0 Å². The van der Waals surface area contributed by atoms with Gasteiger partial charge in [0.15, 0.2) is 5.78 Å². The van der Waals surface area contributed by atoms with Gasteiger partial charge >= 0.3 is 5.97 Å². The van der Waals surface area contributed by atoms with Gasteiger partial charge in [-0.05, 0) is 38.0 Å². The molecule has 2 rings (SSSR count). The first-order valence-corrected chi connectivity index (χ1v) is 7.18. The highest BCUT2D eigenvalue weighted by molar-refractivity contribution is 9.10. The zero-order valence-corrected chi connectivity index (χ0v) is 12.9. The largest absolute Gasteiger partial charge is 0.456 e. The van der Waals surface area contributed by atoms with E-state index in [1.807, 2.05) is 31.2 Å². The Hall–Kier alpha value is -1.16. The van der Waals surface area contributed by atoms with E-state index in [9.17, 15) is 9.59 Å². The van der Waals surface area contributed by atoms with E-state index in [2.05, 4.69) is 15.9 Å². The first kappa shape index (κ1) is 14.3. The zero-order valence-electron chi connectivity index (χ0n) is 11.3. The predicted molar refractivity (Wildman–Crippen MR) is 75.5 cm³/mol. The molecule has 1 aromatic rings. The zero-order chi connectivity index (χ0) is 14.2. The Labute approximate surface area is 121 Å². The van der Waals surface area contributed by atoms with Crippen LogP contribution in [0.2, 0.25) is 0 Å². The van der Waals surface area contributed by atoms with Crippen LogP contribution in [0.3, 0.4) is 0 Å². The van der Waals surface area contributed by atoms with Crippen molar-refractivity contribution >= 4 is 27.7 Å². The standard InChI is InChI=1S/C15H17BrO3/c1-4-11-12(9-5-7-10(16)8-6-9)19-14(18)15(2,3)13(11)17/h5-8,11-12H,4H2,1-3H3/t11-,12+/m0/s1. The summed E-state index contributed by atoms with van der Waals surface area (Å²) in [7, 11) is 0. The number of carbonyl (C=O) groups is 2. The fraction of sp³-hybridized carbons (Fsp3) is 0.467. The molecule has 0 bridgehead atoms. The van der Waals surface area contributed by atoms with E-state index in [1.54, 1.807) is 13.8 Å². The average Bonchev–Trinajstić information content (AvgIpc) is 2.37. The molecular weight excluding hydrogens is 308 g/mol. The molecule has 1 heterocycles. The van der Waals surface area contributed by atoms with Gasteiger partial charge in [-0.15, -0.1) is 0 Å². The monoisotopic (exact) mass is 324 g/mol. The van der Waals surface area contributed by atoms with Gasteiger partial charge in [-0.3, -0.25) is 9.59 Å². The Balaban J connectivity index is 2.38. The van der Waals surface area contributed by atoms with Crippen LogP contribution in [0, 0.1) is 11.3 Å². The first-order chi connectivity index (χ1) is 8.87. The number of Topliss-reactive ketones (excluding diaryl/α,β-unsaturated/α-hetero) is 1. The van der Waals surface area contributed by atoms with Gasteiger partial charge in [-0.2, -0.15) is 0 Å². The molecule has 1 aliphatic rings. The first-order valence-electron chi connectivity index (χ1n) is 6.38. The fourth-order valence-electron chi connectivity index (χ4n) is 2.40. The molecule has 1 aliphatic heterocycles. The normalized spacial score (nSPS) is 26.1. The molecule has 0 spiro atoms. The van der Waals surface area contributed by atoms with Gasteiger partial charge in [0.1, 0.15) is 11.5 Å². The van der Waals surface area contributed by atoms with Gasteiger partial charge in [0, 0.05) is 4.47 Å². The Morgan fingerprint density at radius 1 is 1.21 bits per heavy atom. The molecule has 4 heteroatoms. The maximum Gasteiger partial charge on any atom is 0.319 e. The van der Waals surface area contributed by atoms with Crippen LogP contribution in [0.4, 0.5) is 0 Å². The second kappa shape index (κ2) is 5.08. The van der Waals surface area contributed by atoms with Crippen molar-refractivity contribution in [1.82, 2.24) is 0 Å². The number of carbonyl (C=O) groups excluding carboxylic acids is 2. The lowest BCUT2D eigenvalue weighted by atomic mass is 9.74. The summed E-state index contributed by atoms with van der Waals surface area (Å²) < 4.78 is 6.48. The maximum atomic E-state index is 12.4. The van der Waals surface area contributed by atoms with Crippen LogP contribution in [0.5, 0.6) is 0 Å². The van der Waals surface area contributed by atoms with E-state index in [-0.39, 0.29) is 11.7 Å².